The Labute approximate surface area is 138 Å². The van der Waals surface area contributed by atoms with Crippen LogP contribution in [0.3, 0.4) is 0 Å². The van der Waals surface area contributed by atoms with Gasteiger partial charge in [-0.25, -0.2) is 4.79 Å². The van der Waals surface area contributed by atoms with Gasteiger partial charge in [0.25, 0.3) is 0 Å². The zero-order chi connectivity index (χ0) is 16.0. The molecule has 2 heterocycles. The highest BCUT2D eigenvalue weighted by atomic mass is 32.1. The number of nitrogens with zero attached hydrogens (tertiary/aromatic N) is 1. The van der Waals surface area contributed by atoms with Crippen molar-refractivity contribution in [1.29, 1.82) is 0 Å². The Kier molecular flexibility index (Phi) is 6.26. The van der Waals surface area contributed by atoms with Gasteiger partial charge in [-0.15, -0.1) is 11.3 Å². The lowest BCUT2D eigenvalue weighted by Gasteiger charge is -2.43. The first kappa shape index (κ1) is 17.3. The van der Waals surface area contributed by atoms with Crippen LogP contribution in [0, 0.1) is 5.92 Å². The molecule has 0 aliphatic carbocycles. The molecule has 0 spiro atoms. The Bertz CT molecular complexity index is 458. The summed E-state index contributed by atoms with van der Waals surface area (Å²) in [7, 11) is 0. The minimum Gasteiger partial charge on any atom is -0.338 e. The number of likely N-dealkylation sites (tertiary alicyclic amines) is 1. The number of rotatable bonds is 6. The quantitative estimate of drug-likeness (QED) is 0.845. The van der Waals surface area contributed by atoms with E-state index in [1.807, 2.05) is 6.07 Å². The molecule has 0 bridgehead atoms. The highest BCUT2D eigenvalue weighted by Crippen LogP contribution is 2.23. The molecule has 1 aromatic heterocycles. The standard InChI is InChI=1S/C17H29N3OS/c1-14-6-4-10-20(12-14)17(2,3)13-19-16(21)18-9-8-15-7-5-11-22-15/h5,7,11,14H,4,6,8-10,12-13H2,1-3H3,(H2,18,19,21)/t14-/m0/s1. The van der Waals surface area contributed by atoms with E-state index in [4.69, 9.17) is 0 Å². The molecule has 4 nitrogen and oxygen atoms in total. The summed E-state index contributed by atoms with van der Waals surface area (Å²) in [6.07, 6.45) is 3.49. The fraction of sp³-hybridized carbons (Fsp3) is 0.706. The Hall–Kier alpha value is -1.07. The van der Waals surface area contributed by atoms with Crippen molar-refractivity contribution in [1.82, 2.24) is 15.5 Å². The molecule has 0 unspecified atom stereocenters. The fourth-order valence-corrected chi connectivity index (χ4v) is 3.67. The van der Waals surface area contributed by atoms with Gasteiger partial charge in [0.05, 0.1) is 0 Å². The molecule has 0 aromatic carbocycles. The second-order valence-corrected chi connectivity index (χ2v) is 7.98. The number of thiophene rings is 1. The summed E-state index contributed by atoms with van der Waals surface area (Å²) in [6.45, 7) is 10.4. The molecule has 1 aromatic rings. The third kappa shape index (κ3) is 5.29. The molecule has 2 amide bonds. The molecule has 1 aliphatic rings. The van der Waals surface area contributed by atoms with Crippen LogP contribution in [-0.4, -0.2) is 42.6 Å². The number of urea groups is 1. The number of hydrogen-bond acceptors (Lipinski definition) is 3. The van der Waals surface area contributed by atoms with Crippen LogP contribution in [0.15, 0.2) is 17.5 Å². The van der Waals surface area contributed by atoms with Gasteiger partial charge in [0.2, 0.25) is 0 Å². The molecule has 0 radical (unpaired) electrons. The van der Waals surface area contributed by atoms with E-state index in [2.05, 4.69) is 47.8 Å². The van der Waals surface area contributed by atoms with Gasteiger partial charge in [0.1, 0.15) is 0 Å². The van der Waals surface area contributed by atoms with Crippen LogP contribution in [-0.2, 0) is 6.42 Å². The van der Waals surface area contributed by atoms with E-state index in [0.29, 0.717) is 13.1 Å². The number of carbonyl (C=O) groups excluding carboxylic acids is 1. The summed E-state index contributed by atoms with van der Waals surface area (Å²) in [4.78, 5) is 15.7. The van der Waals surface area contributed by atoms with Crippen LogP contribution >= 0.6 is 11.3 Å². The lowest BCUT2D eigenvalue weighted by atomic mass is 9.93. The van der Waals surface area contributed by atoms with E-state index in [-0.39, 0.29) is 11.6 Å². The number of nitrogens with one attached hydrogen (secondary N) is 2. The molecule has 0 saturated carbocycles. The topological polar surface area (TPSA) is 44.4 Å². The van der Waals surface area contributed by atoms with E-state index in [1.54, 1.807) is 11.3 Å². The Morgan fingerprint density at radius 3 is 2.95 bits per heavy atom. The molecular weight excluding hydrogens is 294 g/mol. The molecule has 1 atom stereocenters. The van der Waals surface area contributed by atoms with Crippen LogP contribution in [0.5, 0.6) is 0 Å². The van der Waals surface area contributed by atoms with E-state index in [0.717, 1.165) is 25.4 Å². The van der Waals surface area contributed by atoms with Crippen molar-refractivity contribution >= 4 is 17.4 Å². The first-order valence-electron chi connectivity index (χ1n) is 8.26. The molecule has 2 N–H and O–H groups in total. The van der Waals surface area contributed by atoms with Crippen LogP contribution < -0.4 is 10.6 Å². The van der Waals surface area contributed by atoms with Crippen LogP contribution in [0.4, 0.5) is 4.79 Å². The predicted molar refractivity (Wildman–Crippen MR) is 93.5 cm³/mol. The van der Waals surface area contributed by atoms with Crippen molar-refractivity contribution in [3.63, 3.8) is 0 Å². The van der Waals surface area contributed by atoms with E-state index in [9.17, 15) is 4.79 Å². The average molecular weight is 324 g/mol. The van der Waals surface area contributed by atoms with Crippen LogP contribution in [0.25, 0.3) is 0 Å². The largest absolute Gasteiger partial charge is 0.338 e. The third-order valence-corrected chi connectivity index (χ3v) is 5.37. The SMILES string of the molecule is C[C@H]1CCCN(C(C)(C)CNC(=O)NCCc2cccs2)C1. The highest BCUT2D eigenvalue weighted by Gasteiger charge is 2.30. The Morgan fingerprint density at radius 1 is 1.45 bits per heavy atom. The highest BCUT2D eigenvalue weighted by molar-refractivity contribution is 7.09. The minimum absolute atomic E-state index is 0.0137. The summed E-state index contributed by atoms with van der Waals surface area (Å²) in [5.74, 6) is 0.757. The van der Waals surface area contributed by atoms with E-state index in [1.165, 1.54) is 17.7 Å². The number of hydrogen-bond donors (Lipinski definition) is 2. The Balaban J connectivity index is 1.68. The third-order valence-electron chi connectivity index (χ3n) is 4.43. The molecule has 1 fully saturated rings. The average Bonchev–Trinajstić information content (AvgIpc) is 2.99. The van der Waals surface area contributed by atoms with Gasteiger partial charge in [-0.05, 0) is 57.0 Å². The summed E-state index contributed by atoms with van der Waals surface area (Å²) >= 11 is 1.73. The van der Waals surface area contributed by atoms with E-state index >= 15 is 0 Å². The first-order chi connectivity index (χ1) is 10.5. The second kappa shape index (κ2) is 7.97. The fourth-order valence-electron chi connectivity index (χ4n) is 2.96. The lowest BCUT2D eigenvalue weighted by molar-refractivity contribution is 0.0724. The van der Waals surface area contributed by atoms with Crippen molar-refractivity contribution in [3.05, 3.63) is 22.4 Å². The van der Waals surface area contributed by atoms with Gasteiger partial charge in [-0.3, -0.25) is 4.90 Å². The van der Waals surface area contributed by atoms with Crippen molar-refractivity contribution in [3.8, 4) is 0 Å². The molecule has 2 rings (SSSR count). The smallest absolute Gasteiger partial charge is 0.314 e. The van der Waals surface area contributed by atoms with Crippen LogP contribution in [0.1, 0.15) is 38.5 Å². The minimum atomic E-state index is -0.0605. The molecule has 124 valence electrons. The molecular formula is C17H29N3OS. The Morgan fingerprint density at radius 2 is 2.27 bits per heavy atom. The normalized spacial score (nSPS) is 19.9. The number of amides is 2. The predicted octanol–water partition coefficient (Wildman–Crippen LogP) is 3.10. The van der Waals surface area contributed by atoms with Crippen molar-refractivity contribution in [2.75, 3.05) is 26.2 Å². The molecule has 1 saturated heterocycles. The second-order valence-electron chi connectivity index (χ2n) is 6.94. The van der Waals surface area contributed by atoms with Gasteiger partial charge in [-0.2, -0.15) is 0 Å². The van der Waals surface area contributed by atoms with E-state index < -0.39 is 0 Å². The van der Waals surface area contributed by atoms with Gasteiger partial charge in [-0.1, -0.05) is 13.0 Å². The molecule has 1 aliphatic heterocycles. The van der Waals surface area contributed by atoms with Gasteiger partial charge < -0.3 is 10.6 Å². The summed E-state index contributed by atoms with van der Waals surface area (Å²) < 4.78 is 0. The van der Waals surface area contributed by atoms with Crippen molar-refractivity contribution in [2.45, 2.75) is 45.6 Å². The summed E-state index contributed by atoms with van der Waals surface area (Å²) in [5, 5.41) is 8.04. The van der Waals surface area contributed by atoms with Gasteiger partial charge in [0.15, 0.2) is 0 Å². The number of carbonyl (C=O) groups is 1. The molecule has 22 heavy (non-hydrogen) atoms. The van der Waals surface area contributed by atoms with Crippen molar-refractivity contribution < 1.29 is 4.79 Å². The maximum atomic E-state index is 11.9. The monoisotopic (exact) mass is 323 g/mol. The molecule has 5 heteroatoms. The van der Waals surface area contributed by atoms with Gasteiger partial charge >= 0.3 is 6.03 Å². The van der Waals surface area contributed by atoms with Gasteiger partial charge in [0, 0.05) is 30.1 Å². The maximum absolute atomic E-state index is 11.9. The number of piperidine rings is 1. The lowest BCUT2D eigenvalue weighted by Crippen LogP contribution is -2.55. The summed E-state index contributed by atoms with van der Waals surface area (Å²) in [5.41, 5.74) is 0.0137. The zero-order valence-electron chi connectivity index (χ0n) is 14.0. The zero-order valence-corrected chi connectivity index (χ0v) is 14.8. The van der Waals surface area contributed by atoms with Crippen molar-refractivity contribution in [2.24, 2.45) is 5.92 Å². The van der Waals surface area contributed by atoms with Crippen LogP contribution in [0.2, 0.25) is 0 Å². The summed E-state index contributed by atoms with van der Waals surface area (Å²) in [6, 6.07) is 4.09. The maximum Gasteiger partial charge on any atom is 0.314 e. The first-order valence-corrected chi connectivity index (χ1v) is 9.14.